The zero-order valence-corrected chi connectivity index (χ0v) is 29.0. The third-order valence-corrected chi connectivity index (χ3v) is 12.5. The van der Waals surface area contributed by atoms with Gasteiger partial charge in [-0.25, -0.2) is 25.2 Å². The summed E-state index contributed by atoms with van der Waals surface area (Å²) in [5.74, 6) is 4.37. The first-order valence-corrected chi connectivity index (χ1v) is 17.9. The van der Waals surface area contributed by atoms with Crippen molar-refractivity contribution < 1.29 is 23.9 Å². The average molecular weight is 636 g/mol. The van der Waals surface area contributed by atoms with Crippen LogP contribution in [0.15, 0.2) is 35.9 Å². The van der Waals surface area contributed by atoms with Gasteiger partial charge in [-0.3, -0.25) is 0 Å². The quantitative estimate of drug-likeness (QED) is 0.143. The van der Waals surface area contributed by atoms with Crippen LogP contribution in [0, 0.1) is 46.3 Å². The molecule has 3 N–H and O–H groups in total. The molecule has 3 saturated carbocycles. The zero-order chi connectivity index (χ0) is 33.1. The Labute approximate surface area is 276 Å². The number of ether oxygens (including phenoxy) is 2. The van der Waals surface area contributed by atoms with Crippen LogP contribution < -0.4 is 16.2 Å². The molecule has 4 aliphatic rings. The molecule has 0 aromatic heterocycles. The molecule has 0 aliphatic heterocycles. The van der Waals surface area contributed by atoms with Gasteiger partial charge in [-0.2, -0.15) is 0 Å². The number of allylic oxidation sites excluding steroid dienone is 1. The fraction of sp³-hybridized carbons (Fsp3) is 0.711. The maximum atomic E-state index is 12.6. The van der Waals surface area contributed by atoms with E-state index in [2.05, 4.69) is 56.9 Å². The van der Waals surface area contributed by atoms with Crippen LogP contribution in [0.2, 0.25) is 0 Å². The second-order valence-corrected chi connectivity index (χ2v) is 15.6. The summed E-state index contributed by atoms with van der Waals surface area (Å²) in [5, 5.41) is 2.63. The third kappa shape index (κ3) is 7.26. The van der Waals surface area contributed by atoms with Crippen molar-refractivity contribution in [3.63, 3.8) is 0 Å². The van der Waals surface area contributed by atoms with E-state index >= 15 is 0 Å². The van der Waals surface area contributed by atoms with Crippen molar-refractivity contribution in [2.24, 2.45) is 46.3 Å². The highest BCUT2D eigenvalue weighted by Crippen LogP contribution is 2.67. The summed E-state index contributed by atoms with van der Waals surface area (Å²) in [5.41, 5.74) is 7.71. The largest absolute Gasteiger partial charge is 0.462 e. The number of amides is 3. The SMILES string of the molecule is CCOC(=O)c1ccc(NC(=O)NNC(=O)O[C@H]2CC[C@@]3(C)C(=CC[C@H]4[C@@H]5CC[C@H]([C@H](C)CCCC(C)C)[C@@]5(C)CC[C@@H]43)C2)cc1. The van der Waals surface area contributed by atoms with E-state index in [0.717, 1.165) is 55.3 Å². The van der Waals surface area contributed by atoms with Crippen molar-refractivity contribution in [1.29, 1.82) is 0 Å². The van der Waals surface area contributed by atoms with Gasteiger partial charge in [0.2, 0.25) is 0 Å². The second-order valence-electron chi connectivity index (χ2n) is 15.6. The van der Waals surface area contributed by atoms with E-state index in [1.54, 1.807) is 31.2 Å². The van der Waals surface area contributed by atoms with Crippen LogP contribution in [0.4, 0.5) is 15.3 Å². The van der Waals surface area contributed by atoms with Gasteiger partial charge in [0.1, 0.15) is 6.10 Å². The Morgan fingerprint density at radius 3 is 2.41 bits per heavy atom. The molecule has 3 amide bonds. The van der Waals surface area contributed by atoms with Gasteiger partial charge < -0.3 is 14.8 Å². The van der Waals surface area contributed by atoms with E-state index in [0.29, 0.717) is 29.2 Å². The molecule has 0 spiro atoms. The molecule has 0 radical (unpaired) electrons. The second kappa shape index (κ2) is 14.4. The third-order valence-electron chi connectivity index (χ3n) is 12.5. The first-order valence-electron chi connectivity index (χ1n) is 17.9. The van der Waals surface area contributed by atoms with Gasteiger partial charge in [-0.15, -0.1) is 0 Å². The molecular weight excluding hydrogens is 578 g/mol. The summed E-state index contributed by atoms with van der Waals surface area (Å²) in [7, 11) is 0. The summed E-state index contributed by atoms with van der Waals surface area (Å²) in [6.45, 7) is 14.4. The van der Waals surface area contributed by atoms with E-state index < -0.39 is 18.1 Å². The topological polar surface area (TPSA) is 106 Å². The summed E-state index contributed by atoms with van der Waals surface area (Å²) in [4.78, 5) is 36.8. The Bertz CT molecular complexity index is 1280. The highest BCUT2D eigenvalue weighted by molar-refractivity contribution is 5.92. The van der Waals surface area contributed by atoms with Crippen LogP contribution in [0.3, 0.4) is 0 Å². The fourth-order valence-electron chi connectivity index (χ4n) is 10.1. The number of benzene rings is 1. The Morgan fingerprint density at radius 2 is 1.70 bits per heavy atom. The summed E-state index contributed by atoms with van der Waals surface area (Å²) >= 11 is 0. The summed E-state index contributed by atoms with van der Waals surface area (Å²) in [6.07, 6.45) is 15.0. The van der Waals surface area contributed by atoms with E-state index in [1.807, 2.05) is 0 Å². The molecular formula is C38H57N3O5. The van der Waals surface area contributed by atoms with Crippen molar-refractivity contribution in [3.05, 3.63) is 41.5 Å². The molecule has 8 atom stereocenters. The summed E-state index contributed by atoms with van der Waals surface area (Å²) in [6, 6.07) is 5.72. The van der Waals surface area contributed by atoms with Crippen LogP contribution >= 0.6 is 0 Å². The van der Waals surface area contributed by atoms with Gasteiger partial charge in [-0.05, 0) is 122 Å². The Kier molecular flexibility index (Phi) is 10.7. The molecule has 1 aromatic carbocycles. The highest BCUT2D eigenvalue weighted by Gasteiger charge is 2.59. The lowest BCUT2D eigenvalue weighted by Crippen LogP contribution is -2.51. The smallest absolute Gasteiger partial charge is 0.426 e. The minimum atomic E-state index is -0.663. The number of urea groups is 1. The first-order chi connectivity index (χ1) is 21.9. The Hall–Kier alpha value is -3.03. The number of carbonyl (C=O) groups excluding carboxylic acids is 3. The van der Waals surface area contributed by atoms with Gasteiger partial charge in [-0.1, -0.05) is 65.5 Å². The molecule has 0 bridgehead atoms. The molecule has 0 saturated heterocycles. The lowest BCUT2D eigenvalue weighted by molar-refractivity contribution is -0.0582. The van der Waals surface area contributed by atoms with E-state index in [-0.39, 0.29) is 11.5 Å². The number of esters is 1. The molecule has 0 heterocycles. The molecule has 5 rings (SSSR count). The highest BCUT2D eigenvalue weighted by atomic mass is 16.6. The number of fused-ring (bicyclic) bond motifs is 5. The number of carbonyl (C=O) groups is 3. The first kappa shape index (κ1) is 34.3. The molecule has 8 nitrogen and oxygen atoms in total. The van der Waals surface area contributed by atoms with Gasteiger partial charge in [0.15, 0.2) is 0 Å². The van der Waals surface area contributed by atoms with Crippen molar-refractivity contribution in [1.82, 2.24) is 10.9 Å². The molecule has 3 fully saturated rings. The lowest BCUT2D eigenvalue weighted by Gasteiger charge is -2.58. The number of hydrogen-bond donors (Lipinski definition) is 3. The van der Waals surface area contributed by atoms with Crippen molar-refractivity contribution in [2.75, 3.05) is 11.9 Å². The van der Waals surface area contributed by atoms with E-state index in [9.17, 15) is 14.4 Å². The standard InChI is InChI=1S/C38H57N3O5/c1-7-45-34(42)26-11-14-28(15-12-26)39-35(43)40-41-36(44)46-29-19-21-37(5)27(23-29)13-16-30-32-18-17-31(25(4)10-8-9-24(2)3)38(32,6)22-20-33(30)37/h11-15,24-25,29-33H,7-10,16-23H2,1-6H3,(H,41,44)(H2,39,40,43)/t25-,29+,30+,31-,32+,33+,37+,38-/m1/s1. The number of rotatable bonds is 9. The number of nitrogens with one attached hydrogen (secondary N) is 3. The Morgan fingerprint density at radius 1 is 0.935 bits per heavy atom. The molecule has 0 unspecified atom stereocenters. The van der Waals surface area contributed by atoms with Crippen LogP contribution in [-0.4, -0.2) is 30.8 Å². The monoisotopic (exact) mass is 635 g/mol. The zero-order valence-electron chi connectivity index (χ0n) is 29.0. The normalized spacial score (nSPS) is 32.2. The molecule has 4 aliphatic carbocycles. The number of hydrogen-bond acceptors (Lipinski definition) is 5. The van der Waals surface area contributed by atoms with Gasteiger partial charge in [0, 0.05) is 12.1 Å². The van der Waals surface area contributed by atoms with Crippen molar-refractivity contribution in [2.45, 2.75) is 118 Å². The van der Waals surface area contributed by atoms with Gasteiger partial charge in [0.05, 0.1) is 12.2 Å². The minimum Gasteiger partial charge on any atom is -0.462 e. The Balaban J connectivity index is 1.11. The summed E-state index contributed by atoms with van der Waals surface area (Å²) < 4.78 is 10.7. The van der Waals surface area contributed by atoms with Crippen molar-refractivity contribution in [3.8, 4) is 0 Å². The van der Waals surface area contributed by atoms with Crippen LogP contribution in [0.25, 0.3) is 0 Å². The van der Waals surface area contributed by atoms with E-state index in [4.69, 9.17) is 9.47 Å². The van der Waals surface area contributed by atoms with Crippen molar-refractivity contribution >= 4 is 23.8 Å². The van der Waals surface area contributed by atoms with Crippen LogP contribution in [-0.2, 0) is 9.47 Å². The van der Waals surface area contributed by atoms with Gasteiger partial charge in [0.25, 0.3) is 0 Å². The van der Waals surface area contributed by atoms with Crippen LogP contribution in [0.5, 0.6) is 0 Å². The number of anilines is 1. The predicted octanol–water partition coefficient (Wildman–Crippen LogP) is 9.04. The average Bonchev–Trinajstić information content (AvgIpc) is 3.38. The molecule has 8 heteroatoms. The molecule has 46 heavy (non-hydrogen) atoms. The van der Waals surface area contributed by atoms with Crippen LogP contribution in [0.1, 0.15) is 123 Å². The molecule has 254 valence electrons. The fourth-order valence-corrected chi connectivity index (χ4v) is 10.1. The molecule has 1 aromatic rings. The minimum absolute atomic E-state index is 0.183. The lowest BCUT2D eigenvalue weighted by atomic mass is 9.47. The number of hydrazine groups is 1. The maximum absolute atomic E-state index is 12.6. The van der Waals surface area contributed by atoms with Gasteiger partial charge >= 0.3 is 18.1 Å². The van der Waals surface area contributed by atoms with E-state index in [1.165, 1.54) is 50.5 Å². The maximum Gasteiger partial charge on any atom is 0.426 e. The predicted molar refractivity (Wildman–Crippen MR) is 181 cm³/mol.